The smallest absolute Gasteiger partial charge is 0.222 e. The van der Waals surface area contributed by atoms with Gasteiger partial charge in [-0.2, -0.15) is 0 Å². The number of hydrogen-bond donors (Lipinski definition) is 1. The average molecular weight is 231 g/mol. The molecular formula is C14H17NO2. The van der Waals surface area contributed by atoms with Gasteiger partial charge in [0.25, 0.3) is 0 Å². The van der Waals surface area contributed by atoms with Gasteiger partial charge in [-0.05, 0) is 38.3 Å². The third-order valence-electron chi connectivity index (χ3n) is 2.32. The molecule has 0 atom stereocenters. The Balaban J connectivity index is 2.58. The molecule has 1 N–H and O–H groups in total. The van der Waals surface area contributed by atoms with Gasteiger partial charge in [-0.3, -0.25) is 0 Å². The highest BCUT2D eigenvalue weighted by atomic mass is 16.5. The third kappa shape index (κ3) is 2.74. The molecule has 0 amide bonds. The van der Waals surface area contributed by atoms with Crippen molar-refractivity contribution in [1.82, 2.24) is 4.98 Å². The van der Waals surface area contributed by atoms with Gasteiger partial charge in [-0.15, -0.1) is 0 Å². The summed E-state index contributed by atoms with van der Waals surface area (Å²) in [5.74, 6) is 0.583. The summed E-state index contributed by atoms with van der Waals surface area (Å²) in [5.41, 5.74) is 0.326. The molecule has 0 aliphatic carbocycles. The van der Waals surface area contributed by atoms with Gasteiger partial charge in [0.05, 0.1) is 12.3 Å². The molecule has 0 aliphatic heterocycles. The minimum atomic E-state index is -0.302. The molecule has 17 heavy (non-hydrogen) atoms. The number of benzene rings is 1. The van der Waals surface area contributed by atoms with Gasteiger partial charge < -0.3 is 9.84 Å². The largest absolute Gasteiger partial charge is 0.471 e. The fraction of sp³-hybridized carbons (Fsp3) is 0.357. The molecule has 0 aliphatic rings. The summed E-state index contributed by atoms with van der Waals surface area (Å²) in [6, 6.07) is 9.77. The summed E-state index contributed by atoms with van der Waals surface area (Å²) in [6.07, 6.45) is 0. The van der Waals surface area contributed by atoms with Crippen molar-refractivity contribution in [2.45, 2.75) is 33.0 Å². The van der Waals surface area contributed by atoms with Crippen molar-refractivity contribution in [2.24, 2.45) is 0 Å². The van der Waals surface area contributed by atoms with Crippen molar-refractivity contribution in [3.8, 4) is 5.88 Å². The molecule has 0 saturated carbocycles. The highest BCUT2D eigenvalue weighted by molar-refractivity contribution is 5.87. The van der Waals surface area contributed by atoms with Gasteiger partial charge in [0.15, 0.2) is 0 Å². The molecule has 0 unspecified atom stereocenters. The van der Waals surface area contributed by atoms with Crippen LogP contribution in [0.25, 0.3) is 10.8 Å². The minimum absolute atomic E-state index is 0.0780. The molecule has 1 heterocycles. The zero-order valence-electron chi connectivity index (χ0n) is 10.4. The van der Waals surface area contributed by atoms with Gasteiger partial charge in [-0.1, -0.05) is 18.2 Å². The number of nitrogens with zero attached hydrogens (tertiary/aromatic N) is 1. The van der Waals surface area contributed by atoms with Crippen molar-refractivity contribution in [3.05, 3.63) is 36.0 Å². The molecule has 1 aromatic heterocycles. The van der Waals surface area contributed by atoms with Crippen LogP contribution in [-0.2, 0) is 6.61 Å². The lowest BCUT2D eigenvalue weighted by molar-refractivity contribution is 0.125. The maximum Gasteiger partial charge on any atom is 0.222 e. The second kappa shape index (κ2) is 4.34. The lowest BCUT2D eigenvalue weighted by atomic mass is 10.1. The number of hydrogen-bond acceptors (Lipinski definition) is 3. The van der Waals surface area contributed by atoms with E-state index in [2.05, 4.69) is 4.98 Å². The number of aliphatic hydroxyl groups is 1. The van der Waals surface area contributed by atoms with Crippen LogP contribution in [0.4, 0.5) is 0 Å². The monoisotopic (exact) mass is 231 g/mol. The highest BCUT2D eigenvalue weighted by Crippen LogP contribution is 2.27. The van der Waals surface area contributed by atoms with Crippen molar-refractivity contribution in [2.75, 3.05) is 0 Å². The molecule has 2 aromatic rings. The van der Waals surface area contributed by atoms with E-state index in [0.29, 0.717) is 11.6 Å². The Bertz CT molecular complexity index is 529. The number of pyridine rings is 1. The van der Waals surface area contributed by atoms with E-state index in [0.717, 1.165) is 10.8 Å². The molecule has 90 valence electrons. The molecule has 1 aromatic carbocycles. The van der Waals surface area contributed by atoms with E-state index in [1.54, 1.807) is 0 Å². The van der Waals surface area contributed by atoms with E-state index in [-0.39, 0.29) is 12.2 Å². The van der Waals surface area contributed by atoms with Gasteiger partial charge in [0, 0.05) is 5.39 Å². The normalized spacial score (nSPS) is 11.8. The highest BCUT2D eigenvalue weighted by Gasteiger charge is 2.15. The first-order valence-electron chi connectivity index (χ1n) is 5.68. The van der Waals surface area contributed by atoms with Crippen molar-refractivity contribution < 1.29 is 9.84 Å². The standard InChI is InChI=1S/C14H17NO2/c1-14(2,3)17-13-12-7-5-4-6-10(12)8-11(9-16)15-13/h4-8,16H,9H2,1-3H3. The Labute approximate surface area is 101 Å². The van der Waals surface area contributed by atoms with Crippen molar-refractivity contribution >= 4 is 10.8 Å². The fourth-order valence-electron chi connectivity index (χ4n) is 1.67. The van der Waals surface area contributed by atoms with Crippen LogP contribution in [0.3, 0.4) is 0 Å². The van der Waals surface area contributed by atoms with Crippen LogP contribution < -0.4 is 4.74 Å². The third-order valence-corrected chi connectivity index (χ3v) is 2.32. The van der Waals surface area contributed by atoms with Crippen LogP contribution in [0.5, 0.6) is 5.88 Å². The Morgan fingerprint density at radius 3 is 2.59 bits per heavy atom. The maximum absolute atomic E-state index is 9.20. The molecule has 3 heteroatoms. The van der Waals surface area contributed by atoms with E-state index in [4.69, 9.17) is 4.74 Å². The summed E-state index contributed by atoms with van der Waals surface area (Å²) < 4.78 is 5.84. The number of rotatable bonds is 2. The molecule has 0 saturated heterocycles. The number of aromatic nitrogens is 1. The number of aliphatic hydroxyl groups excluding tert-OH is 1. The van der Waals surface area contributed by atoms with Crippen molar-refractivity contribution in [3.63, 3.8) is 0 Å². The van der Waals surface area contributed by atoms with E-state index in [1.807, 2.05) is 51.1 Å². The van der Waals surface area contributed by atoms with Gasteiger partial charge in [0.1, 0.15) is 5.60 Å². The topological polar surface area (TPSA) is 42.4 Å². The van der Waals surface area contributed by atoms with E-state index in [9.17, 15) is 5.11 Å². The summed E-state index contributed by atoms with van der Waals surface area (Å²) in [4.78, 5) is 4.33. The van der Waals surface area contributed by atoms with Crippen LogP contribution in [-0.4, -0.2) is 15.7 Å². The zero-order valence-corrected chi connectivity index (χ0v) is 10.4. The summed E-state index contributed by atoms with van der Waals surface area (Å²) in [6.45, 7) is 5.87. The number of fused-ring (bicyclic) bond motifs is 1. The summed E-state index contributed by atoms with van der Waals surface area (Å²) in [7, 11) is 0. The Morgan fingerprint density at radius 2 is 1.94 bits per heavy atom. The second-order valence-electron chi connectivity index (χ2n) is 5.01. The SMILES string of the molecule is CC(C)(C)Oc1nc(CO)cc2ccccc12. The van der Waals surface area contributed by atoms with E-state index >= 15 is 0 Å². The molecular weight excluding hydrogens is 214 g/mol. The lowest BCUT2D eigenvalue weighted by Gasteiger charge is -2.21. The van der Waals surface area contributed by atoms with Gasteiger partial charge >= 0.3 is 0 Å². The average Bonchev–Trinajstić information content (AvgIpc) is 2.26. The zero-order chi connectivity index (χ0) is 12.5. The van der Waals surface area contributed by atoms with Gasteiger partial charge in [-0.25, -0.2) is 4.98 Å². The van der Waals surface area contributed by atoms with Crippen LogP contribution in [0.1, 0.15) is 26.5 Å². The Hall–Kier alpha value is -1.61. The van der Waals surface area contributed by atoms with Crippen LogP contribution >= 0.6 is 0 Å². The van der Waals surface area contributed by atoms with E-state index < -0.39 is 0 Å². The quantitative estimate of drug-likeness (QED) is 0.864. The summed E-state index contributed by atoms with van der Waals surface area (Å²) >= 11 is 0. The molecule has 0 radical (unpaired) electrons. The second-order valence-corrected chi connectivity index (χ2v) is 5.01. The molecule has 0 fully saturated rings. The first kappa shape index (κ1) is 11.9. The first-order valence-corrected chi connectivity index (χ1v) is 5.68. The fourth-order valence-corrected chi connectivity index (χ4v) is 1.67. The molecule has 0 spiro atoms. The summed E-state index contributed by atoms with van der Waals surface area (Å²) in [5, 5.41) is 11.2. The van der Waals surface area contributed by atoms with Gasteiger partial charge in [0.2, 0.25) is 5.88 Å². The Kier molecular flexibility index (Phi) is 3.03. The van der Waals surface area contributed by atoms with E-state index in [1.165, 1.54) is 0 Å². The maximum atomic E-state index is 9.20. The lowest BCUT2D eigenvalue weighted by Crippen LogP contribution is -2.23. The van der Waals surface area contributed by atoms with Crippen LogP contribution in [0.2, 0.25) is 0 Å². The Morgan fingerprint density at radius 1 is 1.24 bits per heavy atom. The van der Waals surface area contributed by atoms with Crippen LogP contribution in [0, 0.1) is 0 Å². The first-order chi connectivity index (χ1) is 7.99. The minimum Gasteiger partial charge on any atom is -0.471 e. The molecule has 3 nitrogen and oxygen atoms in total. The number of ether oxygens (including phenoxy) is 1. The molecule has 2 rings (SSSR count). The van der Waals surface area contributed by atoms with Crippen molar-refractivity contribution in [1.29, 1.82) is 0 Å². The van der Waals surface area contributed by atoms with Crippen LogP contribution in [0.15, 0.2) is 30.3 Å². The predicted molar refractivity (Wildman–Crippen MR) is 68.0 cm³/mol. The predicted octanol–water partition coefficient (Wildman–Crippen LogP) is 2.90. The molecule has 0 bridgehead atoms.